The lowest BCUT2D eigenvalue weighted by Crippen LogP contribution is -2.37. The Balaban J connectivity index is 1.66. The van der Waals surface area contributed by atoms with E-state index < -0.39 is 12.1 Å². The summed E-state index contributed by atoms with van der Waals surface area (Å²) in [5, 5.41) is 4.44. The van der Waals surface area contributed by atoms with Crippen LogP contribution in [0.5, 0.6) is 0 Å². The number of para-hydroxylation sites is 1. The van der Waals surface area contributed by atoms with Crippen LogP contribution in [0.1, 0.15) is 28.7 Å². The van der Waals surface area contributed by atoms with E-state index in [9.17, 15) is 9.59 Å². The molecule has 2 heterocycles. The Bertz CT molecular complexity index is 990. The first-order chi connectivity index (χ1) is 14.0. The number of esters is 1. The molecule has 0 aliphatic heterocycles. The quantitative estimate of drug-likeness (QED) is 0.431. The predicted octanol–water partition coefficient (Wildman–Crippen LogP) is 3.88. The van der Waals surface area contributed by atoms with Crippen molar-refractivity contribution >= 4 is 29.3 Å². The van der Waals surface area contributed by atoms with Gasteiger partial charge in [-0.05, 0) is 38.1 Å². The Hall–Kier alpha value is -3.13. The van der Waals surface area contributed by atoms with Crippen LogP contribution in [0.3, 0.4) is 0 Å². The molecule has 0 aliphatic rings. The van der Waals surface area contributed by atoms with Crippen LogP contribution in [0.15, 0.2) is 64.3 Å². The first kappa shape index (κ1) is 20.6. The zero-order valence-corrected chi connectivity index (χ0v) is 17.2. The maximum atomic E-state index is 12.7. The molecule has 0 saturated heterocycles. The number of thioether (sulfide) groups is 1. The second-order valence-electron chi connectivity index (χ2n) is 6.35. The summed E-state index contributed by atoms with van der Waals surface area (Å²) in [6, 6.07) is 14.3. The van der Waals surface area contributed by atoms with E-state index in [4.69, 9.17) is 9.26 Å². The second kappa shape index (κ2) is 9.38. The highest BCUT2D eigenvalue weighted by atomic mass is 32.2. The van der Waals surface area contributed by atoms with E-state index in [2.05, 4.69) is 10.1 Å². The van der Waals surface area contributed by atoms with Crippen LogP contribution in [0.25, 0.3) is 0 Å². The molecular weight excluding hydrogens is 390 g/mol. The molecule has 8 heteroatoms. The summed E-state index contributed by atoms with van der Waals surface area (Å²) in [4.78, 5) is 31.0. The summed E-state index contributed by atoms with van der Waals surface area (Å²) in [5.74, 6) is 0.302. The Labute approximate surface area is 173 Å². The summed E-state index contributed by atoms with van der Waals surface area (Å²) in [6.45, 7) is 3.37. The van der Waals surface area contributed by atoms with Gasteiger partial charge in [0.25, 0.3) is 5.91 Å². The van der Waals surface area contributed by atoms with Gasteiger partial charge in [0.05, 0.1) is 11.3 Å². The number of benzene rings is 1. The average molecular weight is 411 g/mol. The number of nitrogens with zero attached hydrogens (tertiary/aromatic N) is 3. The average Bonchev–Trinajstić information content (AvgIpc) is 3.17. The van der Waals surface area contributed by atoms with Gasteiger partial charge in [-0.3, -0.25) is 4.79 Å². The highest BCUT2D eigenvalue weighted by molar-refractivity contribution is 7.98. The molecule has 1 amide bonds. The fourth-order valence-corrected chi connectivity index (χ4v) is 3.48. The van der Waals surface area contributed by atoms with Crippen molar-refractivity contribution < 1.29 is 18.8 Å². The van der Waals surface area contributed by atoms with Crippen molar-refractivity contribution in [2.45, 2.75) is 30.7 Å². The number of pyridine rings is 1. The van der Waals surface area contributed by atoms with Crippen LogP contribution in [-0.4, -0.2) is 35.2 Å². The van der Waals surface area contributed by atoms with Gasteiger partial charge in [-0.1, -0.05) is 35.1 Å². The third kappa shape index (κ3) is 5.23. The Morgan fingerprint density at radius 3 is 2.66 bits per heavy atom. The number of anilines is 1. The van der Waals surface area contributed by atoms with Crippen LogP contribution in [0.4, 0.5) is 5.69 Å². The van der Waals surface area contributed by atoms with Gasteiger partial charge in [0.1, 0.15) is 10.8 Å². The summed E-state index contributed by atoms with van der Waals surface area (Å²) < 4.78 is 10.5. The number of amides is 1. The van der Waals surface area contributed by atoms with Gasteiger partial charge in [0.15, 0.2) is 6.10 Å². The Kier molecular flexibility index (Phi) is 6.66. The van der Waals surface area contributed by atoms with Crippen molar-refractivity contribution in [3.8, 4) is 0 Å². The minimum Gasteiger partial charge on any atom is -0.449 e. The summed E-state index contributed by atoms with van der Waals surface area (Å²) in [7, 11) is 1.65. The van der Waals surface area contributed by atoms with Crippen molar-refractivity contribution in [2.75, 3.05) is 11.9 Å². The topological polar surface area (TPSA) is 85.5 Å². The second-order valence-corrected chi connectivity index (χ2v) is 7.32. The number of ether oxygens (including phenoxy) is 1. The molecule has 0 spiro atoms. The largest absolute Gasteiger partial charge is 0.449 e. The molecule has 0 bridgehead atoms. The smallest absolute Gasteiger partial charge is 0.341 e. The van der Waals surface area contributed by atoms with Crippen molar-refractivity contribution in [1.82, 2.24) is 10.1 Å². The highest BCUT2D eigenvalue weighted by Crippen LogP contribution is 2.25. The molecule has 1 aromatic carbocycles. The van der Waals surface area contributed by atoms with Crippen LogP contribution in [0, 0.1) is 6.92 Å². The summed E-state index contributed by atoms with van der Waals surface area (Å²) in [5.41, 5.74) is 1.78. The van der Waals surface area contributed by atoms with Gasteiger partial charge in [-0.25, -0.2) is 9.78 Å². The maximum absolute atomic E-state index is 12.7. The fourth-order valence-electron chi connectivity index (χ4n) is 2.62. The lowest BCUT2D eigenvalue weighted by Gasteiger charge is -2.21. The van der Waals surface area contributed by atoms with E-state index in [1.807, 2.05) is 43.3 Å². The van der Waals surface area contributed by atoms with Gasteiger partial charge in [0.2, 0.25) is 0 Å². The predicted molar refractivity (Wildman–Crippen MR) is 110 cm³/mol. The first-order valence-corrected chi connectivity index (χ1v) is 9.98. The lowest BCUT2D eigenvalue weighted by atomic mass is 10.2. The SMILES string of the molecule is Cc1cc(CSc2ncccc2C(=O)O[C@@H](C)C(=O)N(C)c2ccccc2)no1. The van der Waals surface area contributed by atoms with Crippen LogP contribution in [-0.2, 0) is 15.3 Å². The molecule has 7 nitrogen and oxygen atoms in total. The molecule has 0 N–H and O–H groups in total. The van der Waals surface area contributed by atoms with E-state index in [1.165, 1.54) is 16.7 Å². The lowest BCUT2D eigenvalue weighted by molar-refractivity contribution is -0.126. The zero-order chi connectivity index (χ0) is 20.8. The standard InChI is InChI=1S/C21H21N3O4S/c1-14-12-16(23-28-14)13-29-19-18(10-7-11-22-19)21(26)27-15(2)20(25)24(3)17-8-5-4-6-9-17/h4-12,15H,13H2,1-3H3/t15-/m0/s1. The summed E-state index contributed by atoms with van der Waals surface area (Å²) >= 11 is 1.35. The minimum atomic E-state index is -0.941. The van der Waals surface area contributed by atoms with E-state index in [-0.39, 0.29) is 5.91 Å². The third-order valence-corrected chi connectivity index (χ3v) is 5.17. The third-order valence-electron chi connectivity index (χ3n) is 4.13. The monoisotopic (exact) mass is 411 g/mol. The zero-order valence-electron chi connectivity index (χ0n) is 16.4. The number of rotatable bonds is 7. The van der Waals surface area contributed by atoms with E-state index in [0.717, 1.165) is 17.1 Å². The van der Waals surface area contributed by atoms with Crippen molar-refractivity contribution in [2.24, 2.45) is 0 Å². The molecule has 0 aliphatic carbocycles. The Morgan fingerprint density at radius 1 is 1.21 bits per heavy atom. The molecule has 0 saturated carbocycles. The highest BCUT2D eigenvalue weighted by Gasteiger charge is 2.24. The molecule has 0 unspecified atom stereocenters. The molecular formula is C21H21N3O4S. The van der Waals surface area contributed by atoms with Gasteiger partial charge in [-0.2, -0.15) is 0 Å². The van der Waals surface area contributed by atoms with Crippen molar-refractivity contribution in [3.63, 3.8) is 0 Å². The molecule has 1 atom stereocenters. The van der Waals surface area contributed by atoms with Crippen LogP contribution in [0.2, 0.25) is 0 Å². The van der Waals surface area contributed by atoms with Crippen molar-refractivity contribution in [3.05, 3.63) is 71.7 Å². The van der Waals surface area contributed by atoms with Gasteiger partial charge in [-0.15, -0.1) is 0 Å². The number of aromatic nitrogens is 2. The van der Waals surface area contributed by atoms with E-state index in [1.54, 1.807) is 32.3 Å². The van der Waals surface area contributed by atoms with Crippen LogP contribution >= 0.6 is 11.8 Å². The number of hydrogen-bond donors (Lipinski definition) is 0. The fraction of sp³-hybridized carbons (Fsp3) is 0.238. The number of carbonyl (C=O) groups excluding carboxylic acids is 2. The molecule has 150 valence electrons. The van der Waals surface area contributed by atoms with Gasteiger partial charge < -0.3 is 14.2 Å². The molecule has 0 fully saturated rings. The molecule has 0 radical (unpaired) electrons. The number of hydrogen-bond acceptors (Lipinski definition) is 7. The normalized spacial score (nSPS) is 11.7. The summed E-state index contributed by atoms with van der Waals surface area (Å²) in [6.07, 6.45) is 0.661. The maximum Gasteiger partial charge on any atom is 0.341 e. The van der Waals surface area contributed by atoms with Gasteiger partial charge in [0, 0.05) is 30.8 Å². The molecule has 29 heavy (non-hydrogen) atoms. The number of aryl methyl sites for hydroxylation is 1. The van der Waals surface area contributed by atoms with Crippen LogP contribution < -0.4 is 4.90 Å². The minimum absolute atomic E-state index is 0.305. The van der Waals surface area contributed by atoms with E-state index in [0.29, 0.717) is 16.3 Å². The first-order valence-electron chi connectivity index (χ1n) is 8.99. The van der Waals surface area contributed by atoms with Crippen molar-refractivity contribution in [1.29, 1.82) is 0 Å². The number of carbonyl (C=O) groups is 2. The van der Waals surface area contributed by atoms with E-state index >= 15 is 0 Å². The molecule has 2 aromatic heterocycles. The number of likely N-dealkylation sites (N-methyl/N-ethyl adjacent to an activating group) is 1. The Morgan fingerprint density at radius 2 is 1.97 bits per heavy atom. The molecule has 3 aromatic rings. The van der Waals surface area contributed by atoms with Gasteiger partial charge >= 0.3 is 5.97 Å². The molecule has 3 rings (SSSR count).